The first kappa shape index (κ1) is 12.3. The highest BCUT2D eigenvalue weighted by Crippen LogP contribution is 2.30. The molecule has 1 heterocycles. The van der Waals surface area contributed by atoms with Crippen molar-refractivity contribution < 1.29 is 14.3 Å². The van der Waals surface area contributed by atoms with Crippen LogP contribution in [0.2, 0.25) is 0 Å². The number of para-hydroxylation sites is 2. The van der Waals surface area contributed by atoms with Gasteiger partial charge < -0.3 is 14.8 Å². The van der Waals surface area contributed by atoms with Crippen LogP contribution in [-0.2, 0) is 4.79 Å². The van der Waals surface area contributed by atoms with Gasteiger partial charge in [-0.15, -0.1) is 11.8 Å². The van der Waals surface area contributed by atoms with Gasteiger partial charge in [0.2, 0.25) is 6.10 Å². The summed E-state index contributed by atoms with van der Waals surface area (Å²) in [6.45, 7) is 2.54. The van der Waals surface area contributed by atoms with E-state index < -0.39 is 6.10 Å². The summed E-state index contributed by atoms with van der Waals surface area (Å²) in [5.74, 6) is 6.79. The van der Waals surface area contributed by atoms with Gasteiger partial charge in [0, 0.05) is 13.0 Å². The van der Waals surface area contributed by atoms with Crippen LogP contribution in [0.15, 0.2) is 24.3 Å². The minimum Gasteiger partial charge on any atom is -0.485 e. The molecule has 1 amide bonds. The number of carbonyl (C=O) groups is 1. The third-order valence-electron chi connectivity index (χ3n) is 2.53. The lowest BCUT2D eigenvalue weighted by molar-refractivity contribution is -0.130. The van der Waals surface area contributed by atoms with Crippen LogP contribution < -0.4 is 14.8 Å². The molecule has 0 saturated carbocycles. The van der Waals surface area contributed by atoms with Gasteiger partial charge in [0.05, 0.1) is 0 Å². The van der Waals surface area contributed by atoms with Crippen LogP contribution in [0.3, 0.4) is 0 Å². The minimum absolute atomic E-state index is 0.164. The SMILES string of the molecule is CC#CCCNC(=O)C1COc2ccccc2O1. The molecule has 0 fully saturated rings. The van der Waals surface area contributed by atoms with Crippen molar-refractivity contribution in [2.24, 2.45) is 0 Å². The number of benzene rings is 1. The monoisotopic (exact) mass is 245 g/mol. The number of nitrogens with one attached hydrogen (secondary N) is 1. The molecule has 1 aromatic rings. The Kier molecular flexibility index (Phi) is 4.08. The second-order valence-corrected chi connectivity index (χ2v) is 3.83. The van der Waals surface area contributed by atoms with E-state index >= 15 is 0 Å². The molecule has 18 heavy (non-hydrogen) atoms. The van der Waals surface area contributed by atoms with Crippen molar-refractivity contribution in [3.63, 3.8) is 0 Å². The first-order valence-electron chi connectivity index (χ1n) is 5.87. The standard InChI is InChI=1S/C14H15NO3/c1-2-3-6-9-15-14(16)13-10-17-11-7-4-5-8-12(11)18-13/h4-5,7-8,13H,6,9-10H2,1H3,(H,15,16). The molecule has 1 unspecified atom stereocenters. The summed E-state index contributed by atoms with van der Waals surface area (Å²) >= 11 is 0. The van der Waals surface area contributed by atoms with Crippen molar-refractivity contribution in [3.05, 3.63) is 24.3 Å². The first-order valence-corrected chi connectivity index (χ1v) is 5.87. The molecule has 0 aromatic heterocycles. The van der Waals surface area contributed by atoms with E-state index in [0.717, 1.165) is 0 Å². The van der Waals surface area contributed by atoms with Gasteiger partial charge in [0.15, 0.2) is 11.5 Å². The Morgan fingerprint density at radius 2 is 2.22 bits per heavy atom. The van der Waals surface area contributed by atoms with Gasteiger partial charge in [-0.25, -0.2) is 0 Å². The molecule has 0 spiro atoms. The Balaban J connectivity index is 1.88. The second-order valence-electron chi connectivity index (χ2n) is 3.83. The van der Waals surface area contributed by atoms with Crippen molar-refractivity contribution in [2.75, 3.05) is 13.2 Å². The summed E-state index contributed by atoms with van der Waals surface area (Å²) in [6.07, 6.45) is 0.0568. The minimum atomic E-state index is -0.588. The normalized spacial score (nSPS) is 16.4. The van der Waals surface area contributed by atoms with Gasteiger partial charge >= 0.3 is 0 Å². The quantitative estimate of drug-likeness (QED) is 0.646. The molecule has 2 rings (SSSR count). The van der Waals surface area contributed by atoms with Gasteiger partial charge in [-0.2, -0.15) is 0 Å². The fourth-order valence-corrected chi connectivity index (χ4v) is 1.64. The average Bonchev–Trinajstić information content (AvgIpc) is 2.43. The lowest BCUT2D eigenvalue weighted by Crippen LogP contribution is -2.44. The van der Waals surface area contributed by atoms with Crippen molar-refractivity contribution in [3.8, 4) is 23.3 Å². The number of ether oxygens (including phenoxy) is 2. The molecule has 1 atom stereocenters. The Bertz CT molecular complexity index is 487. The Hall–Kier alpha value is -2.15. The summed E-state index contributed by atoms with van der Waals surface area (Å²) in [5.41, 5.74) is 0. The number of amides is 1. The van der Waals surface area contributed by atoms with Gasteiger partial charge in [0.1, 0.15) is 6.61 Å². The largest absolute Gasteiger partial charge is 0.485 e. The maximum absolute atomic E-state index is 11.8. The lowest BCUT2D eigenvalue weighted by atomic mass is 10.2. The van der Waals surface area contributed by atoms with Crippen LogP contribution in [0.5, 0.6) is 11.5 Å². The predicted molar refractivity (Wildman–Crippen MR) is 67.4 cm³/mol. The molecule has 0 saturated heterocycles. The van der Waals surface area contributed by atoms with E-state index in [1.165, 1.54) is 0 Å². The third-order valence-corrected chi connectivity index (χ3v) is 2.53. The van der Waals surface area contributed by atoms with E-state index in [-0.39, 0.29) is 12.5 Å². The molecular weight excluding hydrogens is 230 g/mol. The Morgan fingerprint density at radius 3 is 3.00 bits per heavy atom. The third kappa shape index (κ3) is 2.95. The summed E-state index contributed by atoms with van der Waals surface area (Å²) in [6, 6.07) is 7.32. The maximum atomic E-state index is 11.8. The number of fused-ring (bicyclic) bond motifs is 1. The highest BCUT2D eigenvalue weighted by molar-refractivity contribution is 5.81. The van der Waals surface area contributed by atoms with Crippen LogP contribution in [0, 0.1) is 11.8 Å². The first-order chi connectivity index (χ1) is 8.81. The van der Waals surface area contributed by atoms with Gasteiger partial charge in [-0.1, -0.05) is 12.1 Å². The van der Waals surface area contributed by atoms with Crippen LogP contribution in [0.1, 0.15) is 13.3 Å². The van der Waals surface area contributed by atoms with Crippen LogP contribution in [-0.4, -0.2) is 25.2 Å². The average molecular weight is 245 g/mol. The summed E-state index contributed by atoms with van der Waals surface area (Å²) in [5, 5.41) is 2.77. The fraction of sp³-hybridized carbons (Fsp3) is 0.357. The van der Waals surface area contributed by atoms with E-state index in [1.807, 2.05) is 18.2 Å². The molecule has 1 aromatic carbocycles. The Labute approximate surface area is 106 Å². The highest BCUT2D eigenvalue weighted by Gasteiger charge is 2.26. The van der Waals surface area contributed by atoms with Crippen molar-refractivity contribution >= 4 is 5.91 Å². The predicted octanol–water partition coefficient (Wildman–Crippen LogP) is 1.36. The van der Waals surface area contributed by atoms with E-state index in [1.54, 1.807) is 13.0 Å². The van der Waals surface area contributed by atoms with Crippen LogP contribution in [0.4, 0.5) is 0 Å². The highest BCUT2D eigenvalue weighted by atomic mass is 16.6. The molecular formula is C14H15NO3. The summed E-state index contributed by atoms with van der Waals surface area (Å²) in [4.78, 5) is 11.8. The maximum Gasteiger partial charge on any atom is 0.264 e. The molecule has 1 aliphatic rings. The fourth-order valence-electron chi connectivity index (χ4n) is 1.64. The van der Waals surface area contributed by atoms with E-state index in [0.29, 0.717) is 24.5 Å². The van der Waals surface area contributed by atoms with Crippen molar-refractivity contribution in [1.82, 2.24) is 5.32 Å². The van der Waals surface area contributed by atoms with Gasteiger partial charge in [-0.3, -0.25) is 4.79 Å². The molecule has 0 aliphatic carbocycles. The molecule has 1 N–H and O–H groups in total. The number of hydrogen-bond donors (Lipinski definition) is 1. The van der Waals surface area contributed by atoms with Gasteiger partial charge in [0.25, 0.3) is 5.91 Å². The molecule has 0 bridgehead atoms. The summed E-state index contributed by atoms with van der Waals surface area (Å²) < 4.78 is 11.0. The zero-order chi connectivity index (χ0) is 12.8. The molecule has 4 nitrogen and oxygen atoms in total. The van der Waals surface area contributed by atoms with E-state index in [9.17, 15) is 4.79 Å². The van der Waals surface area contributed by atoms with E-state index in [4.69, 9.17) is 9.47 Å². The zero-order valence-corrected chi connectivity index (χ0v) is 10.2. The van der Waals surface area contributed by atoms with E-state index in [2.05, 4.69) is 17.2 Å². The number of carbonyl (C=O) groups excluding carboxylic acids is 1. The molecule has 1 aliphatic heterocycles. The smallest absolute Gasteiger partial charge is 0.264 e. The molecule has 4 heteroatoms. The van der Waals surface area contributed by atoms with Crippen LogP contribution >= 0.6 is 0 Å². The molecule has 94 valence electrons. The molecule has 0 radical (unpaired) electrons. The number of rotatable bonds is 3. The topological polar surface area (TPSA) is 47.6 Å². The Morgan fingerprint density at radius 1 is 1.44 bits per heavy atom. The summed E-state index contributed by atoms with van der Waals surface area (Å²) in [7, 11) is 0. The van der Waals surface area contributed by atoms with Crippen molar-refractivity contribution in [1.29, 1.82) is 0 Å². The second kappa shape index (κ2) is 5.97. The zero-order valence-electron chi connectivity index (χ0n) is 10.2. The lowest BCUT2D eigenvalue weighted by Gasteiger charge is -2.25. The van der Waals surface area contributed by atoms with Crippen molar-refractivity contribution in [2.45, 2.75) is 19.4 Å². The number of hydrogen-bond acceptors (Lipinski definition) is 3. The van der Waals surface area contributed by atoms with Gasteiger partial charge in [-0.05, 0) is 19.1 Å². The van der Waals surface area contributed by atoms with Crippen LogP contribution in [0.25, 0.3) is 0 Å².